The van der Waals surface area contributed by atoms with Crippen molar-refractivity contribution in [1.82, 2.24) is 4.98 Å². The molecular formula is C19H12F3N. The number of H-pyrrole nitrogens is 1. The smallest absolute Gasteiger partial charge is 0.354 e. The number of halogens is 3. The summed E-state index contributed by atoms with van der Waals surface area (Å²) in [6.07, 6.45) is -4.41. The molecule has 0 unspecified atom stereocenters. The molecule has 1 N–H and O–H groups in total. The van der Waals surface area contributed by atoms with E-state index in [4.69, 9.17) is 0 Å². The average molecular weight is 311 g/mol. The Morgan fingerprint density at radius 1 is 0.696 bits per heavy atom. The standard InChI is InChI=1S/C19H12F3N/c20-19(21,22)15-11-10-14-13-8-4-5-9-16(13)23-18(14)17(15)12-6-2-1-3-7-12/h1-11,23H. The van der Waals surface area contributed by atoms with Gasteiger partial charge in [0.1, 0.15) is 0 Å². The Morgan fingerprint density at radius 3 is 2.13 bits per heavy atom. The highest BCUT2D eigenvalue weighted by Crippen LogP contribution is 2.42. The van der Waals surface area contributed by atoms with Crippen molar-refractivity contribution in [3.63, 3.8) is 0 Å². The highest BCUT2D eigenvalue weighted by atomic mass is 19.4. The maximum absolute atomic E-state index is 13.5. The zero-order valence-electron chi connectivity index (χ0n) is 12.0. The predicted octanol–water partition coefficient (Wildman–Crippen LogP) is 6.01. The first-order chi connectivity index (χ1) is 11.1. The Hall–Kier alpha value is -2.75. The quantitative estimate of drug-likeness (QED) is 0.443. The number of aromatic nitrogens is 1. The van der Waals surface area contributed by atoms with E-state index in [9.17, 15) is 13.2 Å². The Kier molecular flexibility index (Phi) is 2.94. The lowest BCUT2D eigenvalue weighted by atomic mass is 9.96. The van der Waals surface area contributed by atoms with Crippen molar-refractivity contribution in [2.45, 2.75) is 6.18 Å². The number of benzene rings is 3. The van der Waals surface area contributed by atoms with Gasteiger partial charge in [0.2, 0.25) is 0 Å². The molecule has 1 aromatic heterocycles. The Bertz CT molecular complexity index is 998. The van der Waals surface area contributed by atoms with Crippen molar-refractivity contribution in [3.05, 3.63) is 72.3 Å². The van der Waals surface area contributed by atoms with Crippen LogP contribution in [0.4, 0.5) is 13.2 Å². The van der Waals surface area contributed by atoms with Gasteiger partial charge in [-0.2, -0.15) is 13.2 Å². The zero-order valence-corrected chi connectivity index (χ0v) is 12.0. The number of aromatic amines is 1. The molecule has 1 nitrogen and oxygen atoms in total. The molecule has 4 rings (SSSR count). The van der Waals surface area contributed by atoms with Gasteiger partial charge in [0.25, 0.3) is 0 Å². The number of hydrogen-bond donors (Lipinski definition) is 1. The van der Waals surface area contributed by atoms with Crippen LogP contribution in [0.3, 0.4) is 0 Å². The van der Waals surface area contributed by atoms with Gasteiger partial charge >= 0.3 is 6.18 Å². The van der Waals surface area contributed by atoms with Crippen LogP contribution in [0.25, 0.3) is 32.9 Å². The van der Waals surface area contributed by atoms with Crippen LogP contribution in [0, 0.1) is 0 Å². The van der Waals surface area contributed by atoms with Crippen LogP contribution in [0.1, 0.15) is 5.56 Å². The van der Waals surface area contributed by atoms with Gasteiger partial charge in [-0.1, -0.05) is 54.6 Å². The van der Waals surface area contributed by atoms with Crippen molar-refractivity contribution < 1.29 is 13.2 Å². The van der Waals surface area contributed by atoms with Crippen LogP contribution in [0.2, 0.25) is 0 Å². The summed E-state index contributed by atoms with van der Waals surface area (Å²) in [6.45, 7) is 0. The topological polar surface area (TPSA) is 15.8 Å². The van der Waals surface area contributed by atoms with Gasteiger partial charge in [-0.05, 0) is 17.7 Å². The number of rotatable bonds is 1. The van der Waals surface area contributed by atoms with Crippen LogP contribution in [0.5, 0.6) is 0 Å². The van der Waals surface area contributed by atoms with E-state index in [0.717, 1.165) is 16.3 Å². The first-order valence-electron chi connectivity index (χ1n) is 7.22. The van der Waals surface area contributed by atoms with Crippen molar-refractivity contribution >= 4 is 21.8 Å². The van der Waals surface area contributed by atoms with Crippen LogP contribution in [0.15, 0.2) is 66.7 Å². The third-order valence-corrected chi connectivity index (χ3v) is 4.05. The minimum absolute atomic E-state index is 0.201. The summed E-state index contributed by atoms with van der Waals surface area (Å²) in [5.74, 6) is 0. The highest BCUT2D eigenvalue weighted by molar-refractivity contribution is 6.12. The second-order valence-corrected chi connectivity index (χ2v) is 5.45. The lowest BCUT2D eigenvalue weighted by Gasteiger charge is -2.14. The molecule has 0 aliphatic heterocycles. The van der Waals surface area contributed by atoms with Gasteiger partial charge in [0.15, 0.2) is 0 Å². The first kappa shape index (κ1) is 13.9. The van der Waals surface area contributed by atoms with Crippen molar-refractivity contribution in [3.8, 4) is 11.1 Å². The molecule has 0 radical (unpaired) electrons. The molecule has 23 heavy (non-hydrogen) atoms. The SMILES string of the molecule is FC(F)(F)c1ccc2c([nH]c3ccccc32)c1-c1ccccc1. The fourth-order valence-electron chi connectivity index (χ4n) is 3.06. The minimum Gasteiger partial charge on any atom is -0.354 e. The Balaban J connectivity index is 2.18. The number of nitrogens with one attached hydrogen (secondary N) is 1. The summed E-state index contributed by atoms with van der Waals surface area (Å²) in [4.78, 5) is 3.16. The summed E-state index contributed by atoms with van der Waals surface area (Å²) in [5, 5.41) is 1.72. The minimum atomic E-state index is -4.41. The van der Waals surface area contributed by atoms with Gasteiger partial charge in [0.05, 0.1) is 11.1 Å². The molecule has 1 heterocycles. The molecule has 0 saturated carbocycles. The summed E-state index contributed by atoms with van der Waals surface area (Å²) < 4.78 is 40.5. The van der Waals surface area contributed by atoms with E-state index in [-0.39, 0.29) is 5.56 Å². The van der Waals surface area contributed by atoms with Crippen LogP contribution in [-0.2, 0) is 6.18 Å². The normalized spacial score (nSPS) is 12.1. The Morgan fingerprint density at radius 2 is 1.39 bits per heavy atom. The van der Waals surface area contributed by atoms with Crippen LogP contribution >= 0.6 is 0 Å². The van der Waals surface area contributed by atoms with E-state index >= 15 is 0 Å². The van der Waals surface area contributed by atoms with Crippen molar-refractivity contribution in [2.75, 3.05) is 0 Å². The summed E-state index contributed by atoms with van der Waals surface area (Å²) >= 11 is 0. The first-order valence-corrected chi connectivity index (χ1v) is 7.22. The Labute approximate surface area is 130 Å². The maximum atomic E-state index is 13.5. The molecule has 3 aromatic carbocycles. The summed E-state index contributed by atoms with van der Waals surface area (Å²) in [7, 11) is 0. The van der Waals surface area contributed by atoms with E-state index in [1.54, 1.807) is 36.4 Å². The second kappa shape index (κ2) is 4.88. The largest absolute Gasteiger partial charge is 0.417 e. The second-order valence-electron chi connectivity index (χ2n) is 5.45. The summed E-state index contributed by atoms with van der Waals surface area (Å²) in [6, 6.07) is 18.9. The maximum Gasteiger partial charge on any atom is 0.417 e. The van der Waals surface area contributed by atoms with Crippen molar-refractivity contribution in [1.29, 1.82) is 0 Å². The molecule has 0 atom stereocenters. The van der Waals surface area contributed by atoms with E-state index in [1.807, 2.05) is 24.3 Å². The third kappa shape index (κ3) is 2.18. The van der Waals surface area contributed by atoms with Gasteiger partial charge in [-0.25, -0.2) is 0 Å². The molecule has 0 bridgehead atoms. The third-order valence-electron chi connectivity index (χ3n) is 4.05. The number of para-hydroxylation sites is 1. The monoisotopic (exact) mass is 311 g/mol. The molecule has 4 aromatic rings. The predicted molar refractivity (Wildman–Crippen MR) is 86.2 cm³/mol. The zero-order chi connectivity index (χ0) is 16.0. The van der Waals surface area contributed by atoms with E-state index in [1.165, 1.54) is 6.07 Å². The van der Waals surface area contributed by atoms with E-state index in [0.29, 0.717) is 11.1 Å². The van der Waals surface area contributed by atoms with Gasteiger partial charge in [-0.15, -0.1) is 0 Å². The molecule has 114 valence electrons. The fraction of sp³-hybridized carbons (Fsp3) is 0.0526. The molecular weight excluding hydrogens is 299 g/mol. The number of fused-ring (bicyclic) bond motifs is 3. The molecule has 0 spiro atoms. The highest BCUT2D eigenvalue weighted by Gasteiger charge is 2.35. The molecule has 0 fully saturated rings. The van der Waals surface area contributed by atoms with Crippen LogP contribution < -0.4 is 0 Å². The van der Waals surface area contributed by atoms with E-state index in [2.05, 4.69) is 4.98 Å². The van der Waals surface area contributed by atoms with Gasteiger partial charge in [-0.3, -0.25) is 0 Å². The summed E-state index contributed by atoms with van der Waals surface area (Å²) in [5.41, 5.74) is 1.48. The number of hydrogen-bond acceptors (Lipinski definition) is 0. The van der Waals surface area contributed by atoms with Gasteiger partial charge < -0.3 is 4.98 Å². The van der Waals surface area contributed by atoms with Gasteiger partial charge in [0, 0.05) is 21.9 Å². The molecule has 0 aliphatic carbocycles. The molecule has 0 aliphatic rings. The van der Waals surface area contributed by atoms with E-state index < -0.39 is 11.7 Å². The van der Waals surface area contributed by atoms with Crippen molar-refractivity contribution in [2.24, 2.45) is 0 Å². The number of alkyl halides is 3. The molecule has 0 saturated heterocycles. The lowest BCUT2D eigenvalue weighted by molar-refractivity contribution is -0.137. The lowest BCUT2D eigenvalue weighted by Crippen LogP contribution is -2.07. The average Bonchev–Trinajstić information content (AvgIpc) is 2.92. The van der Waals surface area contributed by atoms with Crippen LogP contribution in [-0.4, -0.2) is 4.98 Å². The molecule has 0 amide bonds. The molecule has 4 heteroatoms. The fourth-order valence-corrected chi connectivity index (χ4v) is 3.06.